The topological polar surface area (TPSA) is 29.1 Å². The van der Waals surface area contributed by atoms with Gasteiger partial charge in [0.05, 0.1) is 0 Å². The molecule has 1 saturated carbocycles. The van der Waals surface area contributed by atoms with Crippen molar-refractivity contribution in [2.75, 3.05) is 0 Å². The van der Waals surface area contributed by atoms with Gasteiger partial charge in [-0.15, -0.1) is 0 Å². The Bertz CT molecular complexity index is 177. The van der Waals surface area contributed by atoms with Crippen LogP contribution in [0.1, 0.15) is 34.1 Å². The van der Waals surface area contributed by atoms with Gasteiger partial charge < -0.3 is 5.32 Å². The molecule has 70 valence electrons. The lowest BCUT2D eigenvalue weighted by atomic mass is 9.71. The highest BCUT2D eigenvalue weighted by Gasteiger charge is 2.35. The van der Waals surface area contributed by atoms with E-state index in [1.54, 1.807) is 0 Å². The van der Waals surface area contributed by atoms with Crippen LogP contribution in [0.25, 0.3) is 0 Å². The van der Waals surface area contributed by atoms with Crippen molar-refractivity contribution >= 4 is 5.91 Å². The molecule has 12 heavy (non-hydrogen) atoms. The maximum absolute atomic E-state index is 11.3. The summed E-state index contributed by atoms with van der Waals surface area (Å²) in [7, 11) is 0. The summed E-state index contributed by atoms with van der Waals surface area (Å²) in [5.41, 5.74) is 0. The van der Waals surface area contributed by atoms with Crippen molar-refractivity contribution in [2.24, 2.45) is 17.8 Å². The minimum absolute atomic E-state index is 0.119. The molecule has 1 aliphatic rings. The summed E-state index contributed by atoms with van der Waals surface area (Å²) in [5, 5.41) is 3.06. The van der Waals surface area contributed by atoms with Gasteiger partial charge >= 0.3 is 0 Å². The van der Waals surface area contributed by atoms with Crippen LogP contribution in [0.4, 0.5) is 0 Å². The molecule has 2 heteroatoms. The number of hydrogen-bond acceptors (Lipinski definition) is 1. The summed E-state index contributed by atoms with van der Waals surface area (Å²) in [5.74, 6) is 1.75. The maximum atomic E-state index is 11.3. The molecular formula is C10H19NO. The first kappa shape index (κ1) is 9.56. The van der Waals surface area contributed by atoms with Gasteiger partial charge in [0.2, 0.25) is 5.91 Å². The third-order valence-electron chi connectivity index (χ3n) is 3.01. The predicted molar refractivity (Wildman–Crippen MR) is 49.7 cm³/mol. The lowest BCUT2D eigenvalue weighted by Gasteiger charge is -2.41. The molecular weight excluding hydrogens is 150 g/mol. The average molecular weight is 169 g/mol. The predicted octanol–water partition coefficient (Wildman–Crippen LogP) is 1.80. The summed E-state index contributed by atoms with van der Waals surface area (Å²) in [4.78, 5) is 11.3. The molecule has 1 amide bonds. The number of hydrogen-bond donors (Lipinski definition) is 1. The highest BCUT2D eigenvalue weighted by atomic mass is 16.1. The van der Waals surface area contributed by atoms with Crippen LogP contribution < -0.4 is 5.32 Å². The van der Waals surface area contributed by atoms with Crippen LogP contribution in [0.2, 0.25) is 0 Å². The molecule has 0 bridgehead atoms. The van der Waals surface area contributed by atoms with Crippen LogP contribution in [0.3, 0.4) is 0 Å². The van der Waals surface area contributed by atoms with Gasteiger partial charge in [-0.05, 0) is 18.3 Å². The third-order valence-corrected chi connectivity index (χ3v) is 3.01. The smallest absolute Gasteiger partial charge is 0.222 e. The van der Waals surface area contributed by atoms with E-state index in [-0.39, 0.29) is 11.8 Å². The first-order valence-corrected chi connectivity index (χ1v) is 4.82. The molecule has 1 rings (SSSR count). The van der Waals surface area contributed by atoms with E-state index in [1.165, 1.54) is 0 Å². The van der Waals surface area contributed by atoms with Gasteiger partial charge in [-0.25, -0.2) is 0 Å². The average Bonchev–Trinajstić information content (AvgIpc) is 2.03. The van der Waals surface area contributed by atoms with Gasteiger partial charge in [-0.2, -0.15) is 0 Å². The van der Waals surface area contributed by atoms with E-state index >= 15 is 0 Å². The molecule has 0 radical (unpaired) electrons. The molecule has 0 heterocycles. The molecule has 0 spiro atoms. The van der Waals surface area contributed by atoms with Crippen LogP contribution in [-0.4, -0.2) is 11.9 Å². The fraction of sp³-hybridized carbons (Fsp3) is 0.900. The molecule has 0 aromatic heterocycles. The van der Waals surface area contributed by atoms with Crippen molar-refractivity contribution in [3.05, 3.63) is 0 Å². The van der Waals surface area contributed by atoms with E-state index in [4.69, 9.17) is 0 Å². The standard InChI is InChI=1S/C10H19NO/c1-6(2)10(12)11-9-5-7(3)8(9)4/h6-9H,5H2,1-4H3,(H,11,12). The molecule has 3 unspecified atom stereocenters. The number of amides is 1. The number of carbonyl (C=O) groups excluding carboxylic acids is 1. The van der Waals surface area contributed by atoms with E-state index in [0.717, 1.165) is 12.3 Å². The Balaban J connectivity index is 2.29. The normalized spacial score (nSPS) is 34.6. The van der Waals surface area contributed by atoms with Gasteiger partial charge in [0, 0.05) is 12.0 Å². The van der Waals surface area contributed by atoms with Crippen LogP contribution in [-0.2, 0) is 4.79 Å². The summed E-state index contributed by atoms with van der Waals surface area (Å²) < 4.78 is 0. The minimum Gasteiger partial charge on any atom is -0.353 e. The highest BCUT2D eigenvalue weighted by molar-refractivity contribution is 5.78. The summed E-state index contributed by atoms with van der Waals surface area (Å²) >= 11 is 0. The van der Waals surface area contributed by atoms with E-state index in [0.29, 0.717) is 12.0 Å². The van der Waals surface area contributed by atoms with E-state index in [2.05, 4.69) is 19.2 Å². The Morgan fingerprint density at radius 1 is 1.42 bits per heavy atom. The number of nitrogens with one attached hydrogen (secondary N) is 1. The molecule has 0 aromatic carbocycles. The van der Waals surface area contributed by atoms with Crippen LogP contribution >= 0.6 is 0 Å². The monoisotopic (exact) mass is 169 g/mol. The maximum Gasteiger partial charge on any atom is 0.222 e. The summed E-state index contributed by atoms with van der Waals surface area (Å²) in [6.45, 7) is 8.31. The largest absolute Gasteiger partial charge is 0.353 e. The van der Waals surface area contributed by atoms with Crippen molar-refractivity contribution in [2.45, 2.75) is 40.2 Å². The third kappa shape index (κ3) is 1.79. The lowest BCUT2D eigenvalue weighted by Crippen LogP contribution is -2.51. The van der Waals surface area contributed by atoms with Gasteiger partial charge in [-0.1, -0.05) is 27.7 Å². The van der Waals surface area contributed by atoms with E-state index < -0.39 is 0 Å². The quantitative estimate of drug-likeness (QED) is 0.671. The van der Waals surface area contributed by atoms with Crippen LogP contribution in [0.5, 0.6) is 0 Å². The zero-order valence-corrected chi connectivity index (χ0v) is 8.42. The molecule has 0 saturated heterocycles. The lowest BCUT2D eigenvalue weighted by molar-refractivity contribution is -0.126. The fourth-order valence-corrected chi connectivity index (χ4v) is 1.57. The van der Waals surface area contributed by atoms with E-state index in [1.807, 2.05) is 13.8 Å². The molecule has 3 atom stereocenters. The van der Waals surface area contributed by atoms with Crippen molar-refractivity contribution in [3.63, 3.8) is 0 Å². The first-order valence-electron chi connectivity index (χ1n) is 4.82. The molecule has 2 nitrogen and oxygen atoms in total. The summed E-state index contributed by atoms with van der Waals surface area (Å²) in [6.07, 6.45) is 1.15. The number of carbonyl (C=O) groups is 1. The van der Waals surface area contributed by atoms with Crippen molar-refractivity contribution < 1.29 is 4.79 Å². The first-order chi connectivity index (χ1) is 5.52. The van der Waals surface area contributed by atoms with E-state index in [9.17, 15) is 4.79 Å². The zero-order chi connectivity index (χ0) is 9.30. The van der Waals surface area contributed by atoms with Crippen molar-refractivity contribution in [1.82, 2.24) is 5.32 Å². The SMILES string of the molecule is CC(C)C(=O)NC1CC(C)C1C. The Morgan fingerprint density at radius 3 is 2.33 bits per heavy atom. The van der Waals surface area contributed by atoms with Gasteiger partial charge in [0.25, 0.3) is 0 Å². The molecule has 1 aliphatic carbocycles. The van der Waals surface area contributed by atoms with Gasteiger partial charge in [0.1, 0.15) is 0 Å². The zero-order valence-electron chi connectivity index (χ0n) is 8.42. The highest BCUT2D eigenvalue weighted by Crippen LogP contribution is 2.33. The summed E-state index contributed by atoms with van der Waals surface area (Å²) in [6, 6.07) is 0.440. The number of rotatable bonds is 2. The second-order valence-corrected chi connectivity index (χ2v) is 4.34. The molecule has 1 fully saturated rings. The molecule has 1 N–H and O–H groups in total. The van der Waals surface area contributed by atoms with Gasteiger partial charge in [0.15, 0.2) is 0 Å². The molecule has 0 aliphatic heterocycles. The van der Waals surface area contributed by atoms with Crippen molar-refractivity contribution in [1.29, 1.82) is 0 Å². The van der Waals surface area contributed by atoms with Crippen molar-refractivity contribution in [3.8, 4) is 0 Å². The Morgan fingerprint density at radius 2 is 2.00 bits per heavy atom. The van der Waals surface area contributed by atoms with Crippen LogP contribution in [0, 0.1) is 17.8 Å². The fourth-order valence-electron chi connectivity index (χ4n) is 1.57. The molecule has 0 aromatic rings. The Labute approximate surface area is 74.7 Å². The Hall–Kier alpha value is -0.530. The second-order valence-electron chi connectivity index (χ2n) is 4.34. The second kappa shape index (κ2) is 3.46. The minimum atomic E-state index is 0.119. The van der Waals surface area contributed by atoms with Crippen LogP contribution in [0.15, 0.2) is 0 Å². The Kier molecular flexibility index (Phi) is 2.76. The van der Waals surface area contributed by atoms with Gasteiger partial charge in [-0.3, -0.25) is 4.79 Å².